The number of hydrogen-bond donors (Lipinski definition) is 1. The van der Waals surface area contributed by atoms with Crippen LogP contribution in [0.1, 0.15) is 11.1 Å². The van der Waals surface area contributed by atoms with Crippen molar-refractivity contribution in [1.82, 2.24) is 4.98 Å². The Morgan fingerprint density at radius 3 is 2.72 bits per heavy atom. The number of rotatable bonds is 4. The zero-order chi connectivity index (χ0) is 18.0. The third kappa shape index (κ3) is 3.25. The number of ether oxygens (including phenoxy) is 1. The van der Waals surface area contributed by atoms with E-state index in [4.69, 9.17) is 27.9 Å². The number of nitriles is 1. The van der Waals surface area contributed by atoms with Crippen molar-refractivity contribution in [3.8, 4) is 11.8 Å². The smallest absolute Gasteiger partial charge is 0.139 e. The Labute approximate surface area is 155 Å². The lowest BCUT2D eigenvalue weighted by molar-refractivity contribution is 0.415. The summed E-state index contributed by atoms with van der Waals surface area (Å²) in [6, 6.07) is 11.1. The number of benzene rings is 2. The van der Waals surface area contributed by atoms with Crippen molar-refractivity contribution in [3.05, 3.63) is 64.3 Å². The molecule has 0 saturated heterocycles. The highest BCUT2D eigenvalue weighted by atomic mass is 35.5. The highest BCUT2D eigenvalue weighted by Crippen LogP contribution is 2.37. The van der Waals surface area contributed by atoms with Gasteiger partial charge in [0.05, 0.1) is 39.6 Å². The van der Waals surface area contributed by atoms with Gasteiger partial charge in [-0.1, -0.05) is 48.0 Å². The summed E-state index contributed by atoms with van der Waals surface area (Å²) in [7, 11) is 1.53. The predicted octanol–water partition coefficient (Wildman–Crippen LogP) is 5.81. The molecule has 0 aliphatic carbocycles. The maximum absolute atomic E-state index is 9.45. The molecule has 0 aliphatic heterocycles. The van der Waals surface area contributed by atoms with E-state index in [1.54, 1.807) is 18.2 Å². The normalized spacial score (nSPS) is 10.3. The lowest BCUT2D eigenvalue weighted by atomic mass is 10.1. The van der Waals surface area contributed by atoms with Crippen molar-refractivity contribution in [3.63, 3.8) is 0 Å². The number of nitrogens with one attached hydrogen (secondary N) is 1. The van der Waals surface area contributed by atoms with Gasteiger partial charge in [0, 0.05) is 17.6 Å². The molecule has 0 aliphatic rings. The molecule has 3 rings (SSSR count). The van der Waals surface area contributed by atoms with Gasteiger partial charge in [0.2, 0.25) is 0 Å². The van der Waals surface area contributed by atoms with Crippen LogP contribution in [0.3, 0.4) is 0 Å². The summed E-state index contributed by atoms with van der Waals surface area (Å²) in [5.41, 5.74) is 3.30. The number of pyridine rings is 1. The quantitative estimate of drug-likeness (QED) is 0.630. The molecule has 0 unspecified atom stereocenters. The summed E-state index contributed by atoms with van der Waals surface area (Å²) in [4.78, 5) is 4.34. The van der Waals surface area contributed by atoms with Crippen molar-refractivity contribution in [2.75, 3.05) is 12.4 Å². The van der Waals surface area contributed by atoms with E-state index in [1.165, 1.54) is 13.3 Å². The number of aromatic nitrogens is 1. The molecule has 0 bridgehead atoms. The van der Waals surface area contributed by atoms with Gasteiger partial charge in [-0.15, -0.1) is 0 Å². The van der Waals surface area contributed by atoms with Crippen LogP contribution in [0.4, 0.5) is 11.4 Å². The monoisotopic (exact) mass is 369 g/mol. The van der Waals surface area contributed by atoms with Gasteiger partial charge >= 0.3 is 0 Å². The Morgan fingerprint density at radius 1 is 1.24 bits per heavy atom. The van der Waals surface area contributed by atoms with E-state index in [1.807, 2.05) is 18.2 Å². The second-order valence-electron chi connectivity index (χ2n) is 5.23. The van der Waals surface area contributed by atoms with E-state index < -0.39 is 0 Å². The van der Waals surface area contributed by atoms with Crippen LogP contribution in [0.25, 0.3) is 17.0 Å². The molecular formula is C19H13Cl2N3O. The van der Waals surface area contributed by atoms with E-state index in [0.717, 1.165) is 16.5 Å². The average molecular weight is 370 g/mol. The summed E-state index contributed by atoms with van der Waals surface area (Å²) in [5, 5.41) is 14.3. The van der Waals surface area contributed by atoms with Gasteiger partial charge in [0.15, 0.2) is 0 Å². The first kappa shape index (κ1) is 17.1. The van der Waals surface area contributed by atoms with Crippen molar-refractivity contribution in [1.29, 1.82) is 5.26 Å². The zero-order valence-electron chi connectivity index (χ0n) is 13.3. The molecule has 0 saturated carbocycles. The number of methoxy groups -OCH3 is 1. The van der Waals surface area contributed by atoms with Gasteiger partial charge in [-0.25, -0.2) is 0 Å². The number of hydrogen-bond acceptors (Lipinski definition) is 4. The molecule has 1 heterocycles. The van der Waals surface area contributed by atoms with Gasteiger partial charge < -0.3 is 10.1 Å². The van der Waals surface area contributed by atoms with Crippen molar-refractivity contribution in [2.24, 2.45) is 0 Å². The van der Waals surface area contributed by atoms with E-state index in [2.05, 4.69) is 22.9 Å². The van der Waals surface area contributed by atoms with Gasteiger partial charge in [0.25, 0.3) is 0 Å². The SMILES string of the molecule is C=Cc1ccc2c(Nc3cc(OC)c(Cl)cc3Cl)c(C#N)cnc2c1. The van der Waals surface area contributed by atoms with Crippen LogP contribution in [0, 0.1) is 11.3 Å². The Hall–Kier alpha value is -2.74. The fraction of sp³-hybridized carbons (Fsp3) is 0.0526. The Morgan fingerprint density at radius 2 is 2.04 bits per heavy atom. The second kappa shape index (κ2) is 7.02. The Bertz CT molecular complexity index is 1030. The highest BCUT2D eigenvalue weighted by molar-refractivity contribution is 6.37. The van der Waals surface area contributed by atoms with Crippen LogP contribution in [0.2, 0.25) is 10.0 Å². The fourth-order valence-electron chi connectivity index (χ4n) is 2.47. The van der Waals surface area contributed by atoms with Crippen LogP contribution < -0.4 is 10.1 Å². The number of halogens is 2. The minimum absolute atomic E-state index is 0.406. The molecule has 0 spiro atoms. The Balaban J connectivity index is 2.18. The highest BCUT2D eigenvalue weighted by Gasteiger charge is 2.13. The van der Waals surface area contributed by atoms with Gasteiger partial charge in [0.1, 0.15) is 11.8 Å². The lowest BCUT2D eigenvalue weighted by Gasteiger charge is -2.14. The predicted molar refractivity (Wildman–Crippen MR) is 103 cm³/mol. The third-order valence-electron chi connectivity index (χ3n) is 3.75. The van der Waals surface area contributed by atoms with Crippen LogP contribution in [0.5, 0.6) is 5.75 Å². The molecule has 25 heavy (non-hydrogen) atoms. The molecule has 1 N–H and O–H groups in total. The maximum Gasteiger partial charge on any atom is 0.139 e. The fourth-order valence-corrected chi connectivity index (χ4v) is 2.98. The van der Waals surface area contributed by atoms with Crippen LogP contribution in [0.15, 0.2) is 43.1 Å². The molecule has 2 aromatic carbocycles. The topological polar surface area (TPSA) is 57.9 Å². The molecule has 0 radical (unpaired) electrons. The average Bonchev–Trinajstić information content (AvgIpc) is 2.63. The maximum atomic E-state index is 9.45. The molecular weight excluding hydrogens is 357 g/mol. The van der Waals surface area contributed by atoms with Crippen molar-refractivity contribution < 1.29 is 4.74 Å². The molecule has 3 aromatic rings. The summed E-state index contributed by atoms with van der Waals surface area (Å²) in [6.45, 7) is 3.76. The standard InChI is InChI=1S/C19H13Cl2N3O/c1-3-11-4-5-13-16(6-11)23-10-12(9-22)19(13)24-17-8-18(25-2)15(21)7-14(17)20/h3-8,10H,1H2,2H3,(H,23,24). The molecule has 6 heteroatoms. The van der Waals surface area contributed by atoms with Crippen molar-refractivity contribution >= 4 is 51.6 Å². The van der Waals surface area contributed by atoms with Gasteiger partial charge in [-0.2, -0.15) is 5.26 Å². The number of nitrogens with zero attached hydrogens (tertiary/aromatic N) is 2. The molecule has 0 fully saturated rings. The minimum atomic E-state index is 0.406. The summed E-state index contributed by atoms with van der Waals surface area (Å²) >= 11 is 12.4. The molecule has 124 valence electrons. The zero-order valence-corrected chi connectivity index (χ0v) is 14.8. The molecule has 4 nitrogen and oxygen atoms in total. The Kier molecular flexibility index (Phi) is 4.80. The van der Waals surface area contributed by atoms with E-state index in [-0.39, 0.29) is 0 Å². The second-order valence-corrected chi connectivity index (χ2v) is 6.05. The van der Waals surface area contributed by atoms with Crippen LogP contribution >= 0.6 is 23.2 Å². The van der Waals surface area contributed by atoms with Crippen molar-refractivity contribution in [2.45, 2.75) is 0 Å². The molecule has 0 amide bonds. The lowest BCUT2D eigenvalue weighted by Crippen LogP contribution is -1.98. The van der Waals surface area contributed by atoms with E-state index in [0.29, 0.717) is 32.7 Å². The first-order chi connectivity index (χ1) is 12.1. The minimum Gasteiger partial charge on any atom is -0.495 e. The van der Waals surface area contributed by atoms with E-state index >= 15 is 0 Å². The molecule has 0 atom stereocenters. The van der Waals surface area contributed by atoms with Gasteiger partial charge in [-0.3, -0.25) is 4.98 Å². The number of fused-ring (bicyclic) bond motifs is 1. The first-order valence-electron chi connectivity index (χ1n) is 7.32. The van der Waals surface area contributed by atoms with Gasteiger partial charge in [-0.05, 0) is 17.7 Å². The summed E-state index contributed by atoms with van der Waals surface area (Å²) < 4.78 is 5.23. The van der Waals surface area contributed by atoms with Crippen LogP contribution in [-0.2, 0) is 0 Å². The summed E-state index contributed by atoms with van der Waals surface area (Å²) in [5.74, 6) is 0.486. The largest absolute Gasteiger partial charge is 0.495 e. The first-order valence-corrected chi connectivity index (χ1v) is 8.08. The van der Waals surface area contributed by atoms with Crippen LogP contribution in [-0.4, -0.2) is 12.1 Å². The molecule has 1 aromatic heterocycles. The number of anilines is 2. The van der Waals surface area contributed by atoms with E-state index in [9.17, 15) is 5.26 Å². The third-order valence-corrected chi connectivity index (χ3v) is 4.36. The summed E-state index contributed by atoms with van der Waals surface area (Å²) in [6.07, 6.45) is 3.27.